The van der Waals surface area contributed by atoms with Crippen LogP contribution in [0.2, 0.25) is 0 Å². The predicted molar refractivity (Wildman–Crippen MR) is 238 cm³/mol. The van der Waals surface area contributed by atoms with Crippen molar-refractivity contribution in [3.8, 4) is 23.0 Å². The summed E-state index contributed by atoms with van der Waals surface area (Å²) >= 11 is 0. The lowest BCUT2D eigenvalue weighted by atomic mass is 9.75. The van der Waals surface area contributed by atoms with Crippen molar-refractivity contribution in [1.82, 2.24) is 0 Å². The lowest BCUT2D eigenvalue weighted by molar-refractivity contribution is 0.0270. The lowest BCUT2D eigenvalue weighted by Gasteiger charge is -2.31. The van der Waals surface area contributed by atoms with Crippen LogP contribution in [0.1, 0.15) is 150 Å². The van der Waals surface area contributed by atoms with Crippen LogP contribution in [0.3, 0.4) is 0 Å². The lowest BCUT2D eigenvalue weighted by Crippen LogP contribution is -2.21. The summed E-state index contributed by atoms with van der Waals surface area (Å²) in [5, 5.41) is 0. The molecule has 0 saturated carbocycles. The third-order valence-electron chi connectivity index (χ3n) is 11.6. The fourth-order valence-corrected chi connectivity index (χ4v) is 9.01. The second-order valence-electron chi connectivity index (χ2n) is 20.5. The summed E-state index contributed by atoms with van der Waals surface area (Å²) in [6.45, 7) is 30.6. The van der Waals surface area contributed by atoms with E-state index in [0.717, 1.165) is 23.0 Å². The van der Waals surface area contributed by atoms with E-state index in [0.29, 0.717) is 65.3 Å². The quantitative estimate of drug-likeness (QED) is 0.178. The molecule has 1 aliphatic carbocycles. The van der Waals surface area contributed by atoms with E-state index >= 15 is 0 Å². The van der Waals surface area contributed by atoms with Gasteiger partial charge in [0, 0.05) is 25.7 Å². The average Bonchev–Trinajstić information content (AvgIpc) is 3.10. The number of methoxy groups -OCH3 is 2. The van der Waals surface area contributed by atoms with E-state index in [4.69, 9.17) is 28.4 Å². The summed E-state index contributed by atoms with van der Waals surface area (Å²) < 4.78 is 38.3. The van der Waals surface area contributed by atoms with Crippen LogP contribution in [0.25, 0.3) is 0 Å². The molecule has 4 aromatic carbocycles. The van der Waals surface area contributed by atoms with E-state index in [-0.39, 0.29) is 21.7 Å². The van der Waals surface area contributed by atoms with Gasteiger partial charge >= 0.3 is 0 Å². The van der Waals surface area contributed by atoms with Gasteiger partial charge in [-0.1, -0.05) is 107 Å². The normalized spacial score (nSPS) is 15.9. The third-order valence-corrected chi connectivity index (χ3v) is 11.6. The first-order valence-electron chi connectivity index (χ1n) is 21.3. The summed E-state index contributed by atoms with van der Waals surface area (Å²) in [5.41, 5.74) is 14.3. The molecule has 0 spiro atoms. The molecule has 6 heteroatoms. The summed E-state index contributed by atoms with van der Waals surface area (Å²) in [7, 11) is 3.56. The Morgan fingerprint density at radius 3 is 0.879 bits per heavy atom. The molecule has 6 rings (SSSR count). The van der Waals surface area contributed by atoms with Gasteiger partial charge in [-0.05, 0) is 113 Å². The van der Waals surface area contributed by atoms with Crippen molar-refractivity contribution in [3.63, 3.8) is 0 Å². The fraction of sp³-hybridized carbons (Fsp3) is 0.538. The van der Waals surface area contributed by atoms with Gasteiger partial charge in [-0.25, -0.2) is 0 Å². The Bertz CT molecular complexity index is 1850. The Kier molecular flexibility index (Phi) is 12.7. The SMILES string of the molecule is COc1cc2c(C(C)(C)C)c(c1)Cc1cc(C(C)(C)C)cc3c1OCCOCCOCCOc1c(cc(C(C)(C)C)cc1Cc1cc(OC)cc(c1C(C)(C)C)C3)C2. The van der Waals surface area contributed by atoms with E-state index in [9.17, 15) is 0 Å². The Morgan fingerprint density at radius 2 is 0.638 bits per heavy atom. The molecule has 0 fully saturated rings. The van der Waals surface area contributed by atoms with Gasteiger partial charge in [-0.2, -0.15) is 0 Å². The second-order valence-corrected chi connectivity index (χ2v) is 20.5. The van der Waals surface area contributed by atoms with E-state index in [1.54, 1.807) is 14.2 Å². The molecule has 0 atom stereocenters. The molecular weight excluding hydrogens is 721 g/mol. The number of ether oxygens (including phenoxy) is 6. The molecule has 0 saturated heterocycles. The van der Waals surface area contributed by atoms with E-state index in [1.807, 2.05) is 0 Å². The maximum absolute atomic E-state index is 6.96. The Morgan fingerprint density at radius 1 is 0.362 bits per heavy atom. The highest BCUT2D eigenvalue weighted by Gasteiger charge is 2.31. The van der Waals surface area contributed by atoms with Gasteiger partial charge < -0.3 is 28.4 Å². The molecule has 2 aliphatic rings. The first-order valence-corrected chi connectivity index (χ1v) is 21.3. The second kappa shape index (κ2) is 16.9. The Balaban J connectivity index is 1.80. The molecule has 10 bridgehead atoms. The predicted octanol–water partition coefficient (Wildman–Crippen LogP) is 11.4. The van der Waals surface area contributed by atoms with Crippen LogP contribution in [0.4, 0.5) is 0 Å². The van der Waals surface area contributed by atoms with E-state index in [2.05, 4.69) is 132 Å². The van der Waals surface area contributed by atoms with Crippen LogP contribution in [0.5, 0.6) is 23.0 Å². The molecule has 0 radical (unpaired) electrons. The van der Waals surface area contributed by atoms with Gasteiger partial charge in [0.15, 0.2) is 0 Å². The first-order chi connectivity index (χ1) is 27.2. The van der Waals surface area contributed by atoms with E-state index in [1.165, 1.54) is 66.8 Å². The zero-order valence-electron chi connectivity index (χ0n) is 38.1. The molecule has 0 amide bonds. The van der Waals surface area contributed by atoms with Crippen molar-refractivity contribution in [2.75, 3.05) is 53.9 Å². The van der Waals surface area contributed by atoms with Crippen molar-refractivity contribution in [3.05, 3.63) is 115 Å². The number of rotatable bonds is 2. The monoisotopic (exact) mass is 791 g/mol. The topological polar surface area (TPSA) is 55.4 Å². The van der Waals surface area contributed by atoms with Gasteiger partial charge in [0.2, 0.25) is 0 Å². The minimum Gasteiger partial charge on any atom is -0.497 e. The zero-order chi connectivity index (χ0) is 42.2. The van der Waals surface area contributed by atoms with Crippen LogP contribution in [-0.4, -0.2) is 53.9 Å². The standard InChI is InChI=1S/C52H70O6/c1-49(2,3)41-25-37-21-33-29-43(53-13)31-35(45(33)51(7,8)9)23-39-27-42(50(4,5)6)28-40-24-36-32-44(54-14)30-34(46(36)52(10,11)12)22-38(26-41)47(37)57-19-17-55-15-16-56-18-20-58-48(39)40/h25-32H,15-24H2,1-14H3. The summed E-state index contributed by atoms with van der Waals surface area (Å²) in [6, 6.07) is 18.6. The largest absolute Gasteiger partial charge is 0.497 e. The third kappa shape index (κ3) is 9.88. The maximum Gasteiger partial charge on any atom is 0.126 e. The fourth-order valence-electron chi connectivity index (χ4n) is 9.01. The highest BCUT2D eigenvalue weighted by atomic mass is 16.6. The van der Waals surface area contributed by atoms with E-state index < -0.39 is 0 Å². The van der Waals surface area contributed by atoms with Crippen LogP contribution < -0.4 is 18.9 Å². The van der Waals surface area contributed by atoms with Gasteiger partial charge in [-0.3, -0.25) is 0 Å². The van der Waals surface area contributed by atoms with Crippen LogP contribution in [0.15, 0.2) is 48.5 Å². The van der Waals surface area contributed by atoms with Crippen molar-refractivity contribution in [1.29, 1.82) is 0 Å². The van der Waals surface area contributed by atoms with Gasteiger partial charge in [-0.15, -0.1) is 0 Å². The molecule has 1 heterocycles. The number of benzene rings is 4. The average molecular weight is 791 g/mol. The highest BCUT2D eigenvalue weighted by Crippen LogP contribution is 2.44. The van der Waals surface area contributed by atoms with Gasteiger partial charge in [0.25, 0.3) is 0 Å². The highest BCUT2D eigenvalue weighted by molar-refractivity contribution is 5.59. The molecule has 314 valence electrons. The summed E-state index contributed by atoms with van der Waals surface area (Å²) in [6.07, 6.45) is 2.74. The Labute approximate surface area is 349 Å². The zero-order valence-corrected chi connectivity index (χ0v) is 38.1. The smallest absolute Gasteiger partial charge is 0.126 e. The molecule has 6 nitrogen and oxygen atoms in total. The van der Waals surface area contributed by atoms with Crippen molar-refractivity contribution >= 4 is 0 Å². The Hall–Kier alpha value is -4.00. The number of fused-ring (bicyclic) bond motifs is 2. The minimum atomic E-state index is -0.171. The maximum atomic E-state index is 6.96. The molecule has 58 heavy (non-hydrogen) atoms. The number of hydrogen-bond acceptors (Lipinski definition) is 6. The minimum absolute atomic E-state index is 0.0963. The first kappa shape index (κ1) is 43.6. The van der Waals surface area contributed by atoms with Crippen molar-refractivity contribution < 1.29 is 28.4 Å². The van der Waals surface area contributed by atoms with Crippen molar-refractivity contribution in [2.45, 2.75) is 130 Å². The van der Waals surface area contributed by atoms with Gasteiger partial charge in [0.05, 0.1) is 40.6 Å². The summed E-state index contributed by atoms with van der Waals surface area (Å²) in [4.78, 5) is 0. The molecule has 4 aromatic rings. The molecule has 0 N–H and O–H groups in total. The molecule has 1 aliphatic heterocycles. The van der Waals surface area contributed by atoms with Gasteiger partial charge in [0.1, 0.15) is 36.2 Å². The molecule has 0 unspecified atom stereocenters. The van der Waals surface area contributed by atoms with Crippen molar-refractivity contribution in [2.24, 2.45) is 0 Å². The number of hydrogen-bond donors (Lipinski definition) is 0. The van der Waals surface area contributed by atoms with Crippen LogP contribution in [0, 0.1) is 0 Å². The molecular formula is C52H70O6. The molecule has 0 aromatic heterocycles. The van der Waals surface area contributed by atoms with Crippen LogP contribution in [-0.2, 0) is 56.8 Å². The summed E-state index contributed by atoms with van der Waals surface area (Å²) in [5.74, 6) is 3.57. The van der Waals surface area contributed by atoms with Crippen LogP contribution >= 0.6 is 0 Å².